The van der Waals surface area contributed by atoms with E-state index in [9.17, 15) is 4.79 Å². The van der Waals surface area contributed by atoms with Crippen molar-refractivity contribution < 1.29 is 14.3 Å². The van der Waals surface area contributed by atoms with Crippen molar-refractivity contribution in [1.29, 1.82) is 0 Å². The van der Waals surface area contributed by atoms with E-state index in [-0.39, 0.29) is 11.4 Å². The van der Waals surface area contributed by atoms with Crippen LogP contribution in [0.5, 0.6) is 5.75 Å². The number of ether oxygens (including phenoxy) is 2. The molecule has 0 spiro atoms. The number of carbonyl (C=O) groups is 1. The summed E-state index contributed by atoms with van der Waals surface area (Å²) in [5.41, 5.74) is 4.15. The fourth-order valence-electron chi connectivity index (χ4n) is 4.37. The first-order valence-corrected chi connectivity index (χ1v) is 10.8. The van der Waals surface area contributed by atoms with Crippen molar-refractivity contribution in [1.82, 2.24) is 10.2 Å². The van der Waals surface area contributed by atoms with Gasteiger partial charge in [-0.15, -0.1) is 0 Å². The van der Waals surface area contributed by atoms with Gasteiger partial charge in [-0.05, 0) is 48.2 Å². The average Bonchev–Trinajstić information content (AvgIpc) is 3.32. The van der Waals surface area contributed by atoms with Gasteiger partial charge in [0.2, 0.25) is 0 Å². The molecule has 3 aromatic rings. The van der Waals surface area contributed by atoms with Crippen LogP contribution in [-0.4, -0.2) is 23.3 Å². The summed E-state index contributed by atoms with van der Waals surface area (Å²) in [5, 5.41) is 7.64. The average molecular weight is 417 g/mol. The number of aromatic nitrogens is 2. The van der Waals surface area contributed by atoms with Gasteiger partial charge in [0.05, 0.1) is 12.8 Å². The molecule has 0 atom stereocenters. The van der Waals surface area contributed by atoms with Crippen molar-refractivity contribution in [2.24, 2.45) is 0 Å². The van der Waals surface area contributed by atoms with Gasteiger partial charge in [-0.3, -0.25) is 5.10 Å². The van der Waals surface area contributed by atoms with E-state index in [4.69, 9.17) is 4.74 Å². The third-order valence-corrected chi connectivity index (χ3v) is 6.07. The molecular formula is C26H28N2O3. The van der Waals surface area contributed by atoms with E-state index < -0.39 is 0 Å². The molecular weight excluding hydrogens is 388 g/mol. The Morgan fingerprint density at radius 1 is 1.06 bits per heavy atom. The number of benzene rings is 2. The molecule has 0 unspecified atom stereocenters. The highest BCUT2D eigenvalue weighted by molar-refractivity contribution is 5.86. The Balaban J connectivity index is 1.54. The minimum atomic E-state index is -0.386. The zero-order chi connectivity index (χ0) is 21.5. The number of rotatable bonds is 7. The summed E-state index contributed by atoms with van der Waals surface area (Å²) in [6.45, 7) is 0.557. The molecule has 4 rings (SSSR count). The molecule has 160 valence electrons. The van der Waals surface area contributed by atoms with E-state index in [2.05, 4.69) is 51.3 Å². The van der Waals surface area contributed by atoms with Crippen LogP contribution >= 0.6 is 0 Å². The van der Waals surface area contributed by atoms with Crippen molar-refractivity contribution >= 4 is 12.0 Å². The van der Waals surface area contributed by atoms with Gasteiger partial charge in [0, 0.05) is 17.2 Å². The van der Waals surface area contributed by atoms with Crippen molar-refractivity contribution in [3.8, 4) is 5.75 Å². The van der Waals surface area contributed by atoms with Crippen LogP contribution in [0.4, 0.5) is 0 Å². The predicted molar refractivity (Wildman–Crippen MR) is 121 cm³/mol. The summed E-state index contributed by atoms with van der Waals surface area (Å²) < 4.78 is 10.6. The quantitative estimate of drug-likeness (QED) is 0.412. The molecule has 0 bridgehead atoms. The molecule has 1 heterocycles. The molecule has 1 N–H and O–H groups in total. The topological polar surface area (TPSA) is 64.2 Å². The molecule has 0 radical (unpaired) electrons. The lowest BCUT2D eigenvalue weighted by atomic mass is 9.67. The van der Waals surface area contributed by atoms with Gasteiger partial charge < -0.3 is 9.47 Å². The normalized spacial score (nSPS) is 15.6. The summed E-state index contributed by atoms with van der Waals surface area (Å²) in [5.74, 6) is 0.480. The molecule has 0 aliphatic heterocycles. The number of aromatic amines is 1. The van der Waals surface area contributed by atoms with Gasteiger partial charge in [-0.1, -0.05) is 61.7 Å². The Kier molecular flexibility index (Phi) is 6.51. The number of hydrogen-bond acceptors (Lipinski definition) is 4. The molecule has 0 amide bonds. The van der Waals surface area contributed by atoms with Gasteiger partial charge in [-0.2, -0.15) is 5.10 Å². The Labute approximate surface area is 183 Å². The predicted octanol–water partition coefficient (Wildman–Crippen LogP) is 5.43. The van der Waals surface area contributed by atoms with Gasteiger partial charge in [0.15, 0.2) is 0 Å². The fourth-order valence-corrected chi connectivity index (χ4v) is 4.37. The van der Waals surface area contributed by atoms with Crippen LogP contribution in [0, 0.1) is 0 Å². The number of nitrogens with zero attached hydrogens (tertiary/aromatic N) is 1. The second-order valence-corrected chi connectivity index (χ2v) is 8.00. The van der Waals surface area contributed by atoms with Crippen LogP contribution in [-0.2, 0) is 21.6 Å². The lowest BCUT2D eigenvalue weighted by molar-refractivity contribution is -0.134. The summed E-state index contributed by atoms with van der Waals surface area (Å²) >= 11 is 0. The molecule has 1 aliphatic carbocycles. The molecule has 2 aromatic carbocycles. The molecule has 5 nitrogen and oxygen atoms in total. The van der Waals surface area contributed by atoms with Crippen LogP contribution in [0.2, 0.25) is 0 Å². The number of nitrogens with one attached hydrogen (secondary N) is 1. The second kappa shape index (κ2) is 9.65. The lowest BCUT2D eigenvalue weighted by Crippen LogP contribution is -2.30. The number of H-pyrrole nitrogens is 1. The van der Waals surface area contributed by atoms with Crippen LogP contribution in [0.3, 0.4) is 0 Å². The number of methoxy groups -OCH3 is 1. The minimum absolute atomic E-state index is 0.0967. The monoisotopic (exact) mass is 416 g/mol. The van der Waals surface area contributed by atoms with Crippen molar-refractivity contribution in [2.45, 2.75) is 44.1 Å². The van der Waals surface area contributed by atoms with Gasteiger partial charge in [0.25, 0.3) is 0 Å². The highest BCUT2D eigenvalue weighted by atomic mass is 16.5. The van der Waals surface area contributed by atoms with E-state index in [1.54, 1.807) is 6.08 Å². The first-order chi connectivity index (χ1) is 15.2. The van der Waals surface area contributed by atoms with E-state index in [0.717, 1.165) is 35.5 Å². The maximum absolute atomic E-state index is 11.4. The number of carbonyl (C=O) groups excluding carboxylic acids is 1. The van der Waals surface area contributed by atoms with Crippen molar-refractivity contribution in [3.63, 3.8) is 0 Å². The summed E-state index contributed by atoms with van der Waals surface area (Å²) in [7, 11) is 1.37. The first kappa shape index (κ1) is 20.9. The molecule has 5 heteroatoms. The fraction of sp³-hybridized carbons (Fsp3) is 0.308. The Bertz CT molecular complexity index is 1020. The van der Waals surface area contributed by atoms with E-state index in [1.165, 1.54) is 38.0 Å². The molecule has 1 aliphatic rings. The second-order valence-electron chi connectivity index (χ2n) is 8.00. The highest BCUT2D eigenvalue weighted by Gasteiger charge is 2.37. The largest absolute Gasteiger partial charge is 0.489 e. The van der Waals surface area contributed by atoms with Crippen molar-refractivity contribution in [3.05, 3.63) is 89.3 Å². The van der Waals surface area contributed by atoms with E-state index in [1.807, 2.05) is 24.3 Å². The Morgan fingerprint density at radius 2 is 1.81 bits per heavy atom. The third-order valence-electron chi connectivity index (χ3n) is 6.07. The summed E-state index contributed by atoms with van der Waals surface area (Å²) in [6.07, 6.45) is 8.83. The zero-order valence-electron chi connectivity index (χ0n) is 17.8. The molecule has 1 aromatic heterocycles. The molecule has 1 saturated carbocycles. The van der Waals surface area contributed by atoms with Gasteiger partial charge in [-0.25, -0.2) is 4.79 Å². The van der Waals surface area contributed by atoms with Crippen LogP contribution in [0.25, 0.3) is 6.08 Å². The zero-order valence-corrected chi connectivity index (χ0v) is 17.8. The SMILES string of the molecule is COC(=O)C=Cc1cc(C2(c3ccc(OCc4ccccc4)cc3)CCCCC2)[nH]n1. The van der Waals surface area contributed by atoms with Gasteiger partial charge >= 0.3 is 5.97 Å². The van der Waals surface area contributed by atoms with Gasteiger partial charge in [0.1, 0.15) is 12.4 Å². The smallest absolute Gasteiger partial charge is 0.330 e. The van der Waals surface area contributed by atoms with Crippen LogP contribution in [0.15, 0.2) is 66.7 Å². The summed E-state index contributed by atoms with van der Waals surface area (Å²) in [4.78, 5) is 11.4. The van der Waals surface area contributed by atoms with Crippen LogP contribution in [0.1, 0.15) is 54.6 Å². The minimum Gasteiger partial charge on any atom is -0.489 e. The number of hydrogen-bond donors (Lipinski definition) is 1. The lowest BCUT2D eigenvalue weighted by Gasteiger charge is -2.37. The Hall–Kier alpha value is -3.34. The number of esters is 1. The van der Waals surface area contributed by atoms with Crippen molar-refractivity contribution in [2.75, 3.05) is 7.11 Å². The summed E-state index contributed by atoms with van der Waals surface area (Å²) in [6, 6.07) is 20.7. The maximum atomic E-state index is 11.4. The van der Waals surface area contributed by atoms with E-state index in [0.29, 0.717) is 6.61 Å². The maximum Gasteiger partial charge on any atom is 0.330 e. The standard InChI is InChI=1S/C26H28N2O3/c1-30-25(29)15-12-22-18-24(28-27-22)26(16-6-3-7-17-26)21-10-13-23(14-11-21)31-19-20-8-4-2-5-9-20/h2,4-5,8-15,18H,3,6-7,16-17,19H2,1H3,(H,27,28). The Morgan fingerprint density at radius 3 is 2.52 bits per heavy atom. The highest BCUT2D eigenvalue weighted by Crippen LogP contribution is 2.44. The van der Waals surface area contributed by atoms with Crippen LogP contribution < -0.4 is 4.74 Å². The first-order valence-electron chi connectivity index (χ1n) is 10.8. The molecule has 1 fully saturated rings. The third kappa shape index (κ3) is 4.88. The molecule has 0 saturated heterocycles. The molecule has 31 heavy (non-hydrogen) atoms. The van der Waals surface area contributed by atoms with E-state index >= 15 is 0 Å².